The molecule has 5 nitrogen and oxygen atoms in total. The highest BCUT2D eigenvalue weighted by atomic mass is 16.5. The molecule has 0 heterocycles. The maximum Gasteiger partial charge on any atom is 0.328 e. The van der Waals surface area contributed by atoms with Gasteiger partial charge in [0.2, 0.25) is 0 Å². The summed E-state index contributed by atoms with van der Waals surface area (Å²) in [4.78, 5) is 21.6. The van der Waals surface area contributed by atoms with Crippen LogP contribution in [0.25, 0.3) is 0 Å². The minimum absolute atomic E-state index is 0.0262. The molecule has 0 atom stereocenters. The van der Waals surface area contributed by atoms with Gasteiger partial charge in [0.15, 0.2) is 5.78 Å². The van der Waals surface area contributed by atoms with Crippen LogP contribution < -0.4 is 4.74 Å². The molecule has 1 aromatic carbocycles. The maximum atomic E-state index is 11.4. The van der Waals surface area contributed by atoms with Crippen molar-refractivity contribution in [2.75, 3.05) is 7.11 Å². The van der Waals surface area contributed by atoms with Gasteiger partial charge in [-0.1, -0.05) is 0 Å². The van der Waals surface area contributed by atoms with Crippen LogP contribution in [0.2, 0.25) is 0 Å². The Kier molecular flexibility index (Phi) is 3.66. The number of hydrogen-bond acceptors (Lipinski definition) is 4. The van der Waals surface area contributed by atoms with E-state index in [1.807, 2.05) is 0 Å². The first-order chi connectivity index (χ1) is 7.54. The van der Waals surface area contributed by atoms with Crippen LogP contribution in [0.1, 0.15) is 10.4 Å². The standard InChI is InChI=1S/C11H10O5/c1-16-7-2-3-8(10(13)6-7)9(12)4-5-11(14)15/h2-6,13H,1H3,(H,14,15)/b5-4+. The van der Waals surface area contributed by atoms with Crippen LogP contribution in [0.4, 0.5) is 0 Å². The van der Waals surface area contributed by atoms with Crippen molar-refractivity contribution in [2.45, 2.75) is 0 Å². The summed E-state index contributed by atoms with van der Waals surface area (Å²) < 4.78 is 4.84. The second-order valence-corrected chi connectivity index (χ2v) is 2.92. The van der Waals surface area contributed by atoms with E-state index in [-0.39, 0.29) is 11.3 Å². The van der Waals surface area contributed by atoms with Crippen molar-refractivity contribution in [3.63, 3.8) is 0 Å². The van der Waals surface area contributed by atoms with E-state index >= 15 is 0 Å². The van der Waals surface area contributed by atoms with E-state index < -0.39 is 11.8 Å². The molecule has 0 aromatic heterocycles. The van der Waals surface area contributed by atoms with Gasteiger partial charge in [0, 0.05) is 12.1 Å². The number of phenols is 1. The molecule has 0 amide bonds. The molecule has 0 bridgehead atoms. The molecule has 0 aliphatic rings. The fourth-order valence-electron chi connectivity index (χ4n) is 1.08. The largest absolute Gasteiger partial charge is 0.507 e. The number of carboxylic acid groups (broad SMARTS) is 1. The Morgan fingerprint density at radius 3 is 2.50 bits per heavy atom. The lowest BCUT2D eigenvalue weighted by atomic mass is 10.1. The predicted octanol–water partition coefficient (Wildman–Crippen LogP) is 1.22. The van der Waals surface area contributed by atoms with Crippen LogP contribution in [-0.2, 0) is 4.79 Å². The minimum atomic E-state index is -1.22. The van der Waals surface area contributed by atoms with Gasteiger partial charge in [0.05, 0.1) is 12.7 Å². The average Bonchev–Trinajstić information content (AvgIpc) is 2.25. The molecule has 0 saturated heterocycles. The highest BCUT2D eigenvalue weighted by Crippen LogP contribution is 2.23. The fourth-order valence-corrected chi connectivity index (χ4v) is 1.08. The quantitative estimate of drug-likeness (QED) is 0.591. The Bertz CT molecular complexity index is 448. The molecule has 0 radical (unpaired) electrons. The normalized spacial score (nSPS) is 10.3. The number of ether oxygens (including phenoxy) is 1. The van der Waals surface area contributed by atoms with Crippen molar-refractivity contribution in [3.05, 3.63) is 35.9 Å². The zero-order valence-electron chi connectivity index (χ0n) is 8.51. The first kappa shape index (κ1) is 11.8. The van der Waals surface area contributed by atoms with E-state index in [9.17, 15) is 14.7 Å². The van der Waals surface area contributed by atoms with Crippen LogP contribution in [-0.4, -0.2) is 29.1 Å². The molecular weight excluding hydrogens is 212 g/mol. The lowest BCUT2D eigenvalue weighted by Crippen LogP contribution is -1.97. The molecule has 1 rings (SSSR count). The summed E-state index contributed by atoms with van der Waals surface area (Å²) in [5.74, 6) is -1.64. The fraction of sp³-hybridized carbons (Fsp3) is 0.0909. The molecule has 0 saturated carbocycles. The zero-order chi connectivity index (χ0) is 12.1. The maximum absolute atomic E-state index is 11.4. The zero-order valence-corrected chi connectivity index (χ0v) is 8.51. The number of phenolic OH excluding ortho intramolecular Hbond substituents is 1. The van der Waals surface area contributed by atoms with Crippen LogP contribution in [0.15, 0.2) is 30.4 Å². The van der Waals surface area contributed by atoms with E-state index in [0.29, 0.717) is 11.8 Å². The number of aliphatic carboxylic acids is 1. The van der Waals surface area contributed by atoms with Crippen LogP contribution in [0.5, 0.6) is 11.5 Å². The number of methoxy groups -OCH3 is 1. The summed E-state index contributed by atoms with van der Waals surface area (Å²) in [5, 5.41) is 17.8. The van der Waals surface area contributed by atoms with Gasteiger partial charge in [0.1, 0.15) is 11.5 Å². The summed E-state index contributed by atoms with van der Waals surface area (Å²) in [5.41, 5.74) is 0.0262. The summed E-state index contributed by atoms with van der Waals surface area (Å²) in [6.07, 6.45) is 1.59. The minimum Gasteiger partial charge on any atom is -0.507 e. The number of allylic oxidation sites excluding steroid dienone is 1. The Morgan fingerprint density at radius 2 is 2.00 bits per heavy atom. The van der Waals surface area contributed by atoms with Gasteiger partial charge in [-0.3, -0.25) is 4.79 Å². The Labute approximate surface area is 91.6 Å². The third-order valence-electron chi connectivity index (χ3n) is 1.85. The Balaban J connectivity index is 2.96. The van der Waals surface area contributed by atoms with Gasteiger partial charge in [0.25, 0.3) is 0 Å². The van der Waals surface area contributed by atoms with Crippen LogP contribution in [0, 0.1) is 0 Å². The lowest BCUT2D eigenvalue weighted by molar-refractivity contribution is -0.131. The smallest absolute Gasteiger partial charge is 0.328 e. The monoisotopic (exact) mass is 222 g/mol. The van der Waals surface area contributed by atoms with Gasteiger partial charge in [-0.2, -0.15) is 0 Å². The predicted molar refractivity (Wildman–Crippen MR) is 55.8 cm³/mol. The SMILES string of the molecule is COc1ccc(C(=O)/C=C/C(=O)O)c(O)c1. The molecule has 2 N–H and O–H groups in total. The molecular formula is C11H10O5. The number of carbonyl (C=O) groups excluding carboxylic acids is 1. The van der Waals surface area contributed by atoms with E-state index in [2.05, 4.69) is 0 Å². The number of carboxylic acids is 1. The molecule has 0 unspecified atom stereocenters. The molecule has 0 spiro atoms. The number of carbonyl (C=O) groups is 2. The van der Waals surface area contributed by atoms with Crippen LogP contribution in [0.3, 0.4) is 0 Å². The third-order valence-corrected chi connectivity index (χ3v) is 1.85. The molecule has 1 aromatic rings. The van der Waals surface area contributed by atoms with Gasteiger partial charge < -0.3 is 14.9 Å². The van der Waals surface area contributed by atoms with E-state index in [1.165, 1.54) is 25.3 Å². The van der Waals surface area contributed by atoms with Gasteiger partial charge >= 0.3 is 5.97 Å². The number of benzene rings is 1. The van der Waals surface area contributed by atoms with Crippen molar-refractivity contribution >= 4 is 11.8 Å². The number of hydrogen-bond donors (Lipinski definition) is 2. The second kappa shape index (κ2) is 4.97. The van der Waals surface area contributed by atoms with E-state index in [0.717, 1.165) is 6.08 Å². The summed E-state index contributed by atoms with van der Waals surface area (Å²) in [6, 6.07) is 4.14. The topological polar surface area (TPSA) is 83.8 Å². The second-order valence-electron chi connectivity index (χ2n) is 2.92. The highest BCUT2D eigenvalue weighted by molar-refractivity contribution is 6.08. The molecule has 0 aliphatic heterocycles. The number of ketones is 1. The lowest BCUT2D eigenvalue weighted by Gasteiger charge is -2.03. The molecule has 84 valence electrons. The first-order valence-corrected chi connectivity index (χ1v) is 4.37. The highest BCUT2D eigenvalue weighted by Gasteiger charge is 2.09. The van der Waals surface area contributed by atoms with Gasteiger partial charge in [-0.25, -0.2) is 4.79 Å². The average molecular weight is 222 g/mol. The molecule has 0 aliphatic carbocycles. The van der Waals surface area contributed by atoms with Gasteiger partial charge in [-0.05, 0) is 18.2 Å². The van der Waals surface area contributed by atoms with E-state index in [1.54, 1.807) is 0 Å². The first-order valence-electron chi connectivity index (χ1n) is 4.37. The Morgan fingerprint density at radius 1 is 1.31 bits per heavy atom. The number of rotatable bonds is 4. The van der Waals surface area contributed by atoms with Gasteiger partial charge in [-0.15, -0.1) is 0 Å². The summed E-state index contributed by atoms with van der Waals surface area (Å²) in [6.45, 7) is 0. The van der Waals surface area contributed by atoms with Crippen molar-refractivity contribution in [3.8, 4) is 11.5 Å². The number of aromatic hydroxyl groups is 1. The summed E-state index contributed by atoms with van der Waals surface area (Å²) >= 11 is 0. The third kappa shape index (κ3) is 2.84. The van der Waals surface area contributed by atoms with E-state index in [4.69, 9.17) is 9.84 Å². The van der Waals surface area contributed by atoms with Crippen molar-refractivity contribution in [2.24, 2.45) is 0 Å². The van der Waals surface area contributed by atoms with Crippen LogP contribution >= 0.6 is 0 Å². The van der Waals surface area contributed by atoms with Crippen molar-refractivity contribution in [1.82, 2.24) is 0 Å². The molecule has 5 heteroatoms. The molecule has 0 fully saturated rings. The molecule has 16 heavy (non-hydrogen) atoms. The summed E-state index contributed by atoms with van der Waals surface area (Å²) in [7, 11) is 1.43. The van der Waals surface area contributed by atoms with Crippen molar-refractivity contribution < 1.29 is 24.5 Å². The Hall–Kier alpha value is -2.30. The van der Waals surface area contributed by atoms with Crippen molar-refractivity contribution in [1.29, 1.82) is 0 Å².